The van der Waals surface area contributed by atoms with Crippen LogP contribution in [-0.2, 0) is 23.9 Å². The molecule has 0 spiro atoms. The van der Waals surface area contributed by atoms with Crippen LogP contribution in [-0.4, -0.2) is 49.3 Å². The number of hydrogen-bond acceptors (Lipinski definition) is 7. The molecule has 34 heavy (non-hydrogen) atoms. The zero-order valence-electron chi connectivity index (χ0n) is 19.0. The van der Waals surface area contributed by atoms with Crippen molar-refractivity contribution in [1.29, 1.82) is 0 Å². The lowest BCUT2D eigenvalue weighted by atomic mass is 10.1. The number of nitrogens with one attached hydrogen (secondary N) is 1. The molecule has 9 heteroatoms. The van der Waals surface area contributed by atoms with Crippen LogP contribution >= 0.6 is 0 Å². The van der Waals surface area contributed by atoms with Gasteiger partial charge in [0.25, 0.3) is 5.91 Å². The summed E-state index contributed by atoms with van der Waals surface area (Å²) < 4.78 is 10.2. The van der Waals surface area contributed by atoms with Gasteiger partial charge in [-0.2, -0.15) is 0 Å². The van der Waals surface area contributed by atoms with E-state index in [0.29, 0.717) is 29.1 Å². The van der Waals surface area contributed by atoms with E-state index < -0.39 is 30.4 Å². The van der Waals surface area contributed by atoms with Gasteiger partial charge in [-0.05, 0) is 61.9 Å². The standard InChI is InChI=1S/C25H26N2O7/c1-3-12-33-24(31)18-6-10-21(11-7-18)27-14-19(13-23(27)30)25(32)34-15-22(29)26-20-8-4-17(5-9-20)16(2)28/h4-11,19H,3,12-15H2,1-2H3,(H,26,29)/t19-/m0/s1. The minimum absolute atomic E-state index is 0.0345. The first-order valence-corrected chi connectivity index (χ1v) is 10.9. The number of nitrogens with zero attached hydrogens (tertiary/aromatic N) is 1. The molecule has 0 bridgehead atoms. The van der Waals surface area contributed by atoms with Crippen molar-refractivity contribution in [3.63, 3.8) is 0 Å². The van der Waals surface area contributed by atoms with E-state index in [9.17, 15) is 24.0 Å². The third-order valence-corrected chi connectivity index (χ3v) is 5.23. The number of carbonyl (C=O) groups excluding carboxylic acids is 5. The molecular formula is C25H26N2O7. The van der Waals surface area contributed by atoms with Gasteiger partial charge in [-0.15, -0.1) is 0 Å². The van der Waals surface area contributed by atoms with Gasteiger partial charge in [0.1, 0.15) is 0 Å². The average Bonchev–Trinajstić information content (AvgIpc) is 3.23. The Morgan fingerprint density at radius 1 is 0.971 bits per heavy atom. The number of ether oxygens (including phenoxy) is 2. The Morgan fingerprint density at radius 2 is 1.62 bits per heavy atom. The number of Topliss-reactive ketones (excluding diaryl/α,β-unsaturated/α-hetero) is 1. The maximum Gasteiger partial charge on any atom is 0.338 e. The average molecular weight is 466 g/mol. The Bertz CT molecular complexity index is 1080. The van der Waals surface area contributed by atoms with Gasteiger partial charge in [0.15, 0.2) is 12.4 Å². The highest BCUT2D eigenvalue weighted by molar-refractivity contribution is 6.00. The van der Waals surface area contributed by atoms with E-state index in [1.54, 1.807) is 48.5 Å². The first-order chi connectivity index (χ1) is 16.3. The molecule has 1 fully saturated rings. The topological polar surface area (TPSA) is 119 Å². The van der Waals surface area contributed by atoms with Gasteiger partial charge in [-0.25, -0.2) is 4.79 Å². The number of esters is 2. The summed E-state index contributed by atoms with van der Waals surface area (Å²) in [6.07, 6.45) is 0.687. The third-order valence-electron chi connectivity index (χ3n) is 5.23. The van der Waals surface area contributed by atoms with E-state index in [-0.39, 0.29) is 24.7 Å². The summed E-state index contributed by atoms with van der Waals surface area (Å²) in [5, 5.41) is 2.58. The molecule has 2 aromatic carbocycles. The van der Waals surface area contributed by atoms with Crippen molar-refractivity contribution in [3.8, 4) is 0 Å². The molecule has 0 radical (unpaired) electrons. The molecule has 1 heterocycles. The molecule has 0 saturated carbocycles. The molecule has 2 aromatic rings. The molecule has 0 aromatic heterocycles. The van der Waals surface area contributed by atoms with Gasteiger partial charge in [-0.1, -0.05) is 6.92 Å². The molecule has 1 atom stereocenters. The molecule has 178 valence electrons. The predicted molar refractivity (Wildman–Crippen MR) is 124 cm³/mol. The lowest BCUT2D eigenvalue weighted by molar-refractivity contribution is -0.151. The van der Waals surface area contributed by atoms with Crippen molar-refractivity contribution >= 4 is 40.9 Å². The van der Waals surface area contributed by atoms with Crippen molar-refractivity contribution in [2.24, 2.45) is 5.92 Å². The summed E-state index contributed by atoms with van der Waals surface area (Å²) in [7, 11) is 0. The molecule has 0 aliphatic carbocycles. The fourth-order valence-electron chi connectivity index (χ4n) is 3.41. The Balaban J connectivity index is 1.50. The number of anilines is 2. The van der Waals surface area contributed by atoms with E-state index in [4.69, 9.17) is 9.47 Å². The van der Waals surface area contributed by atoms with E-state index in [1.807, 2.05) is 6.92 Å². The predicted octanol–water partition coefficient (Wildman–Crippen LogP) is 2.99. The molecule has 1 aliphatic heterocycles. The van der Waals surface area contributed by atoms with E-state index in [0.717, 1.165) is 6.42 Å². The number of benzene rings is 2. The first kappa shape index (κ1) is 24.6. The second kappa shape index (κ2) is 11.2. The number of rotatable bonds is 9. The second-order valence-corrected chi connectivity index (χ2v) is 7.88. The van der Waals surface area contributed by atoms with Crippen molar-refractivity contribution < 1.29 is 33.4 Å². The zero-order chi connectivity index (χ0) is 24.7. The van der Waals surface area contributed by atoms with Crippen LogP contribution in [0, 0.1) is 5.92 Å². The Kier molecular flexibility index (Phi) is 8.13. The van der Waals surface area contributed by atoms with Gasteiger partial charge in [0, 0.05) is 29.9 Å². The monoisotopic (exact) mass is 466 g/mol. The van der Waals surface area contributed by atoms with Crippen molar-refractivity contribution in [2.45, 2.75) is 26.7 Å². The van der Waals surface area contributed by atoms with Crippen molar-refractivity contribution in [3.05, 3.63) is 59.7 Å². The molecular weight excluding hydrogens is 440 g/mol. The second-order valence-electron chi connectivity index (χ2n) is 7.88. The van der Waals surface area contributed by atoms with E-state index >= 15 is 0 Å². The highest BCUT2D eigenvalue weighted by atomic mass is 16.5. The van der Waals surface area contributed by atoms with E-state index in [2.05, 4.69) is 5.32 Å². The fourth-order valence-corrected chi connectivity index (χ4v) is 3.41. The molecule has 2 amide bonds. The van der Waals surface area contributed by atoms with Gasteiger partial charge < -0.3 is 19.7 Å². The summed E-state index contributed by atoms with van der Waals surface area (Å²) in [6, 6.07) is 12.7. The van der Waals surface area contributed by atoms with E-state index in [1.165, 1.54) is 11.8 Å². The van der Waals surface area contributed by atoms with Gasteiger partial charge in [0.2, 0.25) is 5.91 Å². The molecule has 1 saturated heterocycles. The number of ketones is 1. The van der Waals surface area contributed by atoms with Crippen LogP contribution in [0.3, 0.4) is 0 Å². The van der Waals surface area contributed by atoms with Crippen LogP contribution in [0.15, 0.2) is 48.5 Å². The third kappa shape index (κ3) is 6.28. The number of carbonyl (C=O) groups is 5. The highest BCUT2D eigenvalue weighted by Crippen LogP contribution is 2.26. The van der Waals surface area contributed by atoms with Crippen LogP contribution in [0.25, 0.3) is 0 Å². The van der Waals surface area contributed by atoms with Crippen LogP contribution in [0.5, 0.6) is 0 Å². The number of hydrogen-bond donors (Lipinski definition) is 1. The summed E-state index contributed by atoms with van der Waals surface area (Å²) in [6.45, 7) is 3.30. The van der Waals surface area contributed by atoms with Crippen LogP contribution in [0.4, 0.5) is 11.4 Å². The quantitative estimate of drug-likeness (QED) is 0.446. The Hall–Kier alpha value is -4.01. The summed E-state index contributed by atoms with van der Waals surface area (Å²) in [5.74, 6) is -2.65. The van der Waals surface area contributed by atoms with Gasteiger partial charge >= 0.3 is 11.9 Å². The highest BCUT2D eigenvalue weighted by Gasteiger charge is 2.36. The zero-order valence-corrected chi connectivity index (χ0v) is 19.0. The van der Waals surface area contributed by atoms with Crippen molar-refractivity contribution in [1.82, 2.24) is 0 Å². The summed E-state index contributed by atoms with van der Waals surface area (Å²) >= 11 is 0. The lowest BCUT2D eigenvalue weighted by Gasteiger charge is -2.17. The minimum atomic E-state index is -0.704. The lowest BCUT2D eigenvalue weighted by Crippen LogP contribution is -2.28. The summed E-state index contributed by atoms with van der Waals surface area (Å²) in [5.41, 5.74) is 1.92. The van der Waals surface area contributed by atoms with Crippen LogP contribution < -0.4 is 10.2 Å². The summed E-state index contributed by atoms with van der Waals surface area (Å²) in [4.78, 5) is 61.6. The Morgan fingerprint density at radius 3 is 2.24 bits per heavy atom. The SMILES string of the molecule is CCCOC(=O)c1ccc(N2C[C@@H](C(=O)OCC(=O)Nc3ccc(C(C)=O)cc3)CC2=O)cc1. The first-order valence-electron chi connectivity index (χ1n) is 10.9. The number of amides is 2. The van der Waals surface area contributed by atoms with Crippen LogP contribution in [0.1, 0.15) is 47.4 Å². The molecule has 3 rings (SSSR count). The smallest absolute Gasteiger partial charge is 0.338 e. The van der Waals surface area contributed by atoms with Crippen LogP contribution in [0.2, 0.25) is 0 Å². The molecule has 1 N–H and O–H groups in total. The molecule has 0 unspecified atom stereocenters. The fraction of sp³-hybridized carbons (Fsp3) is 0.320. The maximum absolute atomic E-state index is 12.4. The maximum atomic E-state index is 12.4. The molecule has 1 aliphatic rings. The largest absolute Gasteiger partial charge is 0.462 e. The molecule has 9 nitrogen and oxygen atoms in total. The minimum Gasteiger partial charge on any atom is -0.462 e. The van der Waals surface area contributed by atoms with Gasteiger partial charge in [0.05, 0.1) is 18.1 Å². The normalized spacial score (nSPS) is 15.1. The Labute approximate surface area is 197 Å². The van der Waals surface area contributed by atoms with Crippen molar-refractivity contribution in [2.75, 3.05) is 30.0 Å². The van der Waals surface area contributed by atoms with Gasteiger partial charge in [-0.3, -0.25) is 19.2 Å².